The summed E-state index contributed by atoms with van der Waals surface area (Å²) in [7, 11) is 0. The third-order valence-electron chi connectivity index (χ3n) is 3.14. The van der Waals surface area contributed by atoms with Crippen molar-refractivity contribution in [2.24, 2.45) is 0 Å². The molecule has 0 aromatic rings. The maximum absolute atomic E-state index is 13.3. The molecule has 30 heavy (non-hydrogen) atoms. The van der Waals surface area contributed by atoms with Crippen LogP contribution in [0.5, 0.6) is 0 Å². The molecule has 0 aliphatic rings. The molecule has 0 radical (unpaired) electrons. The number of hydrogen-bond donors (Lipinski definition) is 1. The van der Waals surface area contributed by atoms with Gasteiger partial charge < -0.3 is 0 Å². The number of carbonyl (C=O) groups excluding carboxylic acids is 1. The van der Waals surface area contributed by atoms with E-state index in [1.54, 1.807) is 0 Å². The monoisotopic (exact) mass is 603 g/mol. The Morgan fingerprint density at radius 2 is 0.800 bits per heavy atom. The van der Waals surface area contributed by atoms with Crippen molar-refractivity contribution in [3.63, 3.8) is 0 Å². The predicted molar refractivity (Wildman–Crippen MR) is 67.7 cm³/mol. The van der Waals surface area contributed by atoms with Crippen molar-refractivity contribution >= 4 is 28.5 Å². The molecule has 0 aromatic heterocycles. The van der Waals surface area contributed by atoms with E-state index in [1.165, 1.54) is 0 Å². The number of hydrogen-bond acceptors (Lipinski definition) is 1. The van der Waals surface area contributed by atoms with Gasteiger partial charge in [-0.1, -0.05) is 22.6 Å². The molecule has 0 aliphatic carbocycles. The highest BCUT2D eigenvalue weighted by Gasteiger charge is 2.95. The van der Waals surface area contributed by atoms with Crippen molar-refractivity contribution in [2.45, 2.75) is 47.8 Å². The average Bonchev–Trinajstić information content (AvgIpc) is 2.51. The van der Waals surface area contributed by atoms with Gasteiger partial charge in [-0.3, -0.25) is 10.1 Å². The lowest BCUT2D eigenvalue weighted by molar-refractivity contribution is -0.462. The van der Waals surface area contributed by atoms with Gasteiger partial charge in [-0.2, -0.15) is 74.6 Å². The van der Waals surface area contributed by atoms with Gasteiger partial charge in [0.05, 0.1) is 4.43 Å². The highest BCUT2D eigenvalue weighted by Crippen LogP contribution is 2.63. The molecule has 0 heterocycles. The largest absolute Gasteiger partial charge is 0.460 e. The smallest absolute Gasteiger partial charge is 0.291 e. The maximum atomic E-state index is 13.3. The second-order valence-electron chi connectivity index (χ2n) is 5.20. The minimum Gasteiger partial charge on any atom is -0.291 e. The molecule has 0 unspecified atom stereocenters. The summed E-state index contributed by atoms with van der Waals surface area (Å²) >= 11 is 0.823. The molecule has 0 aromatic carbocycles. The van der Waals surface area contributed by atoms with Gasteiger partial charge in [-0.05, 0) is 0 Å². The molecule has 0 fully saturated rings. The molecule has 1 amide bonds. The van der Waals surface area contributed by atoms with E-state index >= 15 is 0 Å². The number of halogens is 18. The Hall–Kier alpha value is -0.990. The van der Waals surface area contributed by atoms with E-state index in [-0.39, 0.29) is 5.32 Å². The van der Waals surface area contributed by atoms with E-state index < -0.39 is 58.1 Å². The van der Waals surface area contributed by atoms with Crippen LogP contribution in [0.1, 0.15) is 0 Å². The van der Waals surface area contributed by atoms with Crippen LogP contribution in [0.3, 0.4) is 0 Å². The van der Waals surface area contributed by atoms with Gasteiger partial charge in [0, 0.05) is 0 Å². The Kier molecular flexibility index (Phi) is 7.30. The van der Waals surface area contributed by atoms with E-state index in [9.17, 15) is 79.4 Å². The third kappa shape index (κ3) is 3.84. The summed E-state index contributed by atoms with van der Waals surface area (Å²) in [4.78, 5) is 10.6. The second-order valence-corrected chi connectivity index (χ2v) is 5.96. The number of nitrogens with one attached hydrogen (secondary N) is 1. The Morgan fingerprint density at radius 3 is 1.07 bits per heavy atom. The van der Waals surface area contributed by atoms with Crippen molar-refractivity contribution in [3.05, 3.63) is 0 Å². The first-order valence-corrected chi connectivity index (χ1v) is 7.81. The van der Waals surface area contributed by atoms with E-state index in [2.05, 4.69) is 0 Å². The quantitative estimate of drug-likeness (QED) is 0.169. The topological polar surface area (TPSA) is 29.1 Å². The molecule has 2 nitrogen and oxygen atoms in total. The van der Waals surface area contributed by atoms with Crippen molar-refractivity contribution in [2.75, 3.05) is 4.43 Å². The van der Waals surface area contributed by atoms with Gasteiger partial charge in [0.2, 0.25) is 5.91 Å². The Morgan fingerprint density at radius 1 is 0.533 bits per heavy atom. The van der Waals surface area contributed by atoms with Crippen LogP contribution in [0.4, 0.5) is 74.6 Å². The van der Waals surface area contributed by atoms with Crippen molar-refractivity contribution < 1.29 is 79.4 Å². The SMILES string of the molecule is O=C(CI)NC(F)(F)C(F)(F)C(F)(F)C(F)(F)C(F)(F)C(F)(F)C(F)(F)C(F)(F)F. The highest BCUT2D eigenvalue weighted by atomic mass is 127. The second kappa shape index (κ2) is 7.55. The molecule has 1 N–H and O–H groups in total. The Labute approximate surface area is 166 Å². The van der Waals surface area contributed by atoms with Crippen LogP contribution in [0.15, 0.2) is 0 Å². The molecule has 0 rings (SSSR count). The van der Waals surface area contributed by atoms with E-state index in [0.717, 1.165) is 22.6 Å². The minimum atomic E-state index is -8.69. The fourth-order valence-electron chi connectivity index (χ4n) is 1.45. The first-order chi connectivity index (χ1) is 12.7. The number of carbonyl (C=O) groups is 1. The Balaban J connectivity index is 6.66. The summed E-state index contributed by atoms with van der Waals surface area (Å²) in [6.07, 6.45) is -7.80. The van der Waals surface area contributed by atoms with Crippen molar-refractivity contribution in [3.8, 4) is 0 Å². The van der Waals surface area contributed by atoms with Gasteiger partial charge in [0.15, 0.2) is 0 Å². The lowest BCUT2D eigenvalue weighted by atomic mass is 9.90. The van der Waals surface area contributed by atoms with Crippen LogP contribution < -0.4 is 5.32 Å². The van der Waals surface area contributed by atoms with E-state index in [0.29, 0.717) is 0 Å². The van der Waals surface area contributed by atoms with Crippen LogP contribution in [0.25, 0.3) is 0 Å². The van der Waals surface area contributed by atoms with Crippen LogP contribution in [-0.2, 0) is 4.79 Å². The summed E-state index contributed by atoms with van der Waals surface area (Å²) in [5.74, 6) is -52.7. The molecule has 0 spiro atoms. The predicted octanol–water partition coefficient (Wildman–Crippen LogP) is 5.50. The number of alkyl halides is 18. The van der Waals surface area contributed by atoms with Crippen LogP contribution in [-0.4, -0.2) is 58.1 Å². The van der Waals surface area contributed by atoms with Gasteiger partial charge >= 0.3 is 47.8 Å². The minimum absolute atomic E-state index is 0.335. The van der Waals surface area contributed by atoms with Crippen molar-refractivity contribution in [1.29, 1.82) is 0 Å². The molecule has 20 heteroatoms. The van der Waals surface area contributed by atoms with Gasteiger partial charge in [0.25, 0.3) is 0 Å². The summed E-state index contributed by atoms with van der Waals surface area (Å²) in [5.41, 5.74) is 0. The zero-order valence-electron chi connectivity index (χ0n) is 12.9. The first-order valence-electron chi connectivity index (χ1n) is 6.29. The third-order valence-corrected chi connectivity index (χ3v) is 3.83. The summed E-state index contributed by atoms with van der Waals surface area (Å²) in [5, 5.41) is -0.335. The summed E-state index contributed by atoms with van der Waals surface area (Å²) in [6.45, 7) is 0. The van der Waals surface area contributed by atoms with Crippen LogP contribution in [0, 0.1) is 0 Å². The van der Waals surface area contributed by atoms with E-state index in [1.807, 2.05) is 0 Å². The lowest BCUT2D eigenvalue weighted by Gasteiger charge is -2.42. The standard InChI is InChI=1S/C10H3F17INO/c11-3(12,5(15,16)7(19,20)9(23,24)25)4(13,14)6(17,18)8(21,22)10(26,27)29-2(30)1-28/h1H2,(H,29,30). The molecule has 0 bridgehead atoms. The van der Waals surface area contributed by atoms with E-state index in [4.69, 9.17) is 0 Å². The molecule has 180 valence electrons. The normalized spacial score (nSPS) is 15.9. The number of amides is 1. The number of rotatable bonds is 8. The summed E-state index contributed by atoms with van der Waals surface area (Å²) in [6, 6.07) is -6.89. The lowest BCUT2D eigenvalue weighted by Crippen LogP contribution is -2.75. The molecular formula is C10H3F17INO. The zero-order chi connectivity index (χ0) is 25.0. The van der Waals surface area contributed by atoms with Gasteiger partial charge in [-0.25, -0.2) is 0 Å². The maximum Gasteiger partial charge on any atom is 0.460 e. The van der Waals surface area contributed by atoms with Crippen molar-refractivity contribution in [1.82, 2.24) is 5.32 Å². The molecule has 0 atom stereocenters. The zero-order valence-corrected chi connectivity index (χ0v) is 15.1. The molecule has 0 aliphatic heterocycles. The van der Waals surface area contributed by atoms with Gasteiger partial charge in [-0.15, -0.1) is 0 Å². The Bertz CT molecular complexity index is 653. The average molecular weight is 603 g/mol. The summed E-state index contributed by atoms with van der Waals surface area (Å²) < 4.78 is 217. The van der Waals surface area contributed by atoms with Crippen LogP contribution in [0.2, 0.25) is 0 Å². The first kappa shape index (κ1) is 29.0. The molecule has 0 saturated carbocycles. The molecule has 0 saturated heterocycles. The molecular weight excluding hydrogens is 600 g/mol. The fraction of sp³-hybridized carbons (Fsp3) is 0.900. The highest BCUT2D eigenvalue weighted by molar-refractivity contribution is 14.1. The fourth-order valence-corrected chi connectivity index (χ4v) is 1.64. The van der Waals surface area contributed by atoms with Crippen LogP contribution >= 0.6 is 22.6 Å². The van der Waals surface area contributed by atoms with Gasteiger partial charge in [0.1, 0.15) is 0 Å².